The first-order chi connectivity index (χ1) is 14.7. The Morgan fingerprint density at radius 2 is 1.48 bits per heavy atom. The molecule has 0 atom stereocenters. The summed E-state index contributed by atoms with van der Waals surface area (Å²) in [6, 6.07) is 21.5. The molecule has 1 aromatic heterocycles. The van der Waals surface area contributed by atoms with Gasteiger partial charge in [-0.3, -0.25) is 0 Å². The molecule has 7 heteroatoms. The lowest BCUT2D eigenvalue weighted by atomic mass is 9.97. The first-order valence-corrected chi connectivity index (χ1v) is 11.6. The quantitative estimate of drug-likeness (QED) is 0.421. The van der Waals surface area contributed by atoms with Crippen LogP contribution in [0.25, 0.3) is 22.5 Å². The number of aromatic nitrogens is 2. The van der Waals surface area contributed by atoms with Gasteiger partial charge in [0, 0.05) is 16.1 Å². The molecule has 31 heavy (non-hydrogen) atoms. The molecule has 0 amide bonds. The Morgan fingerprint density at radius 3 is 2.10 bits per heavy atom. The van der Waals surface area contributed by atoms with E-state index in [0.717, 1.165) is 22.3 Å². The zero-order valence-electron chi connectivity index (χ0n) is 17.4. The van der Waals surface area contributed by atoms with Gasteiger partial charge in [0.25, 0.3) is 10.0 Å². The van der Waals surface area contributed by atoms with Gasteiger partial charge in [0.2, 0.25) is 0 Å². The highest BCUT2D eigenvalue weighted by Crippen LogP contribution is 2.31. The van der Waals surface area contributed by atoms with Crippen LogP contribution in [0.3, 0.4) is 0 Å². The standard InChI is InChI=1S/C24H22ClN3O2S/c1-16-13-17(2)24(18(3)14-16)22-15-23(19-9-11-20(25)12-10-19)28(26-22)27-31(29,30)21-7-5-4-6-8-21/h4-15,27H,1-3H3. The predicted octanol–water partition coefficient (Wildman–Crippen LogP) is 5.73. The molecule has 0 bridgehead atoms. The molecule has 4 aromatic rings. The van der Waals surface area contributed by atoms with Crippen LogP contribution in [0.5, 0.6) is 0 Å². The number of halogens is 1. The van der Waals surface area contributed by atoms with E-state index in [1.54, 1.807) is 42.5 Å². The van der Waals surface area contributed by atoms with E-state index in [4.69, 9.17) is 11.6 Å². The van der Waals surface area contributed by atoms with E-state index in [1.165, 1.54) is 10.4 Å². The summed E-state index contributed by atoms with van der Waals surface area (Å²) in [5.41, 5.74) is 6.41. The Kier molecular flexibility index (Phi) is 5.60. The van der Waals surface area contributed by atoms with Crippen LogP contribution < -0.4 is 4.83 Å². The highest BCUT2D eigenvalue weighted by Gasteiger charge is 2.20. The molecule has 0 saturated heterocycles. The van der Waals surface area contributed by atoms with E-state index in [1.807, 2.05) is 32.0 Å². The maximum atomic E-state index is 13.0. The van der Waals surface area contributed by atoms with Crippen LogP contribution in [0.1, 0.15) is 16.7 Å². The van der Waals surface area contributed by atoms with Crippen molar-refractivity contribution in [3.05, 3.63) is 94.5 Å². The number of hydrogen-bond donors (Lipinski definition) is 1. The van der Waals surface area contributed by atoms with Gasteiger partial charge in [-0.05, 0) is 62.2 Å². The van der Waals surface area contributed by atoms with Crippen molar-refractivity contribution in [3.63, 3.8) is 0 Å². The molecule has 0 saturated carbocycles. The molecule has 3 aromatic carbocycles. The second-order valence-corrected chi connectivity index (χ2v) is 9.61. The van der Waals surface area contributed by atoms with E-state index < -0.39 is 10.0 Å². The van der Waals surface area contributed by atoms with Crippen LogP contribution in [0.2, 0.25) is 5.02 Å². The second-order valence-electron chi connectivity index (χ2n) is 7.52. The van der Waals surface area contributed by atoms with Crippen molar-refractivity contribution < 1.29 is 8.42 Å². The molecular formula is C24H22ClN3O2S. The normalized spacial score (nSPS) is 11.5. The molecule has 0 radical (unpaired) electrons. The molecule has 0 aliphatic rings. The van der Waals surface area contributed by atoms with Crippen LogP contribution in [-0.2, 0) is 10.0 Å². The summed E-state index contributed by atoms with van der Waals surface area (Å²) < 4.78 is 25.9. The van der Waals surface area contributed by atoms with Gasteiger partial charge in [0.05, 0.1) is 16.3 Å². The van der Waals surface area contributed by atoms with Crippen LogP contribution in [0.15, 0.2) is 77.7 Å². The monoisotopic (exact) mass is 451 g/mol. The van der Waals surface area contributed by atoms with Crippen LogP contribution in [0.4, 0.5) is 0 Å². The van der Waals surface area contributed by atoms with Crippen molar-refractivity contribution in [1.29, 1.82) is 0 Å². The lowest BCUT2D eigenvalue weighted by Crippen LogP contribution is -2.25. The molecule has 0 fully saturated rings. The topological polar surface area (TPSA) is 64.0 Å². The Bertz CT molecular complexity index is 1320. The van der Waals surface area contributed by atoms with E-state index in [-0.39, 0.29) is 4.90 Å². The molecule has 4 rings (SSSR count). The number of aryl methyl sites for hydroxylation is 3. The summed E-state index contributed by atoms with van der Waals surface area (Å²) >= 11 is 6.05. The molecule has 0 aliphatic carbocycles. The Morgan fingerprint density at radius 1 is 0.871 bits per heavy atom. The molecule has 0 aliphatic heterocycles. The maximum absolute atomic E-state index is 13.0. The highest BCUT2D eigenvalue weighted by atomic mass is 35.5. The summed E-state index contributed by atoms with van der Waals surface area (Å²) in [5.74, 6) is 0. The minimum absolute atomic E-state index is 0.164. The molecule has 1 N–H and O–H groups in total. The van der Waals surface area contributed by atoms with Gasteiger partial charge in [-0.2, -0.15) is 23.1 Å². The lowest BCUT2D eigenvalue weighted by Gasteiger charge is -2.11. The third-order valence-corrected chi connectivity index (χ3v) is 6.60. The fraction of sp³-hybridized carbons (Fsp3) is 0.125. The zero-order chi connectivity index (χ0) is 22.2. The number of nitrogens with zero attached hydrogens (tertiary/aromatic N) is 2. The van der Waals surface area contributed by atoms with Crippen molar-refractivity contribution in [3.8, 4) is 22.5 Å². The van der Waals surface area contributed by atoms with E-state index in [2.05, 4.69) is 29.0 Å². The van der Waals surface area contributed by atoms with Crippen LogP contribution >= 0.6 is 11.6 Å². The second kappa shape index (κ2) is 8.21. The van der Waals surface area contributed by atoms with Gasteiger partial charge in [0.15, 0.2) is 0 Å². The molecule has 158 valence electrons. The minimum atomic E-state index is -3.82. The maximum Gasteiger partial charge on any atom is 0.276 e. The average Bonchev–Trinajstić information content (AvgIpc) is 3.11. The summed E-state index contributed by atoms with van der Waals surface area (Å²) in [5, 5.41) is 5.24. The SMILES string of the molecule is Cc1cc(C)c(-c2cc(-c3ccc(Cl)cc3)n(NS(=O)(=O)c3ccccc3)n2)c(C)c1. The molecular weight excluding hydrogens is 430 g/mol. The van der Waals surface area contributed by atoms with Gasteiger partial charge in [-0.15, -0.1) is 0 Å². The fourth-order valence-electron chi connectivity index (χ4n) is 3.75. The summed E-state index contributed by atoms with van der Waals surface area (Å²) in [6.07, 6.45) is 0. The first-order valence-electron chi connectivity index (χ1n) is 9.77. The largest absolute Gasteiger partial charge is 0.276 e. The average molecular weight is 452 g/mol. The van der Waals surface area contributed by atoms with Crippen LogP contribution in [0, 0.1) is 20.8 Å². The van der Waals surface area contributed by atoms with E-state index >= 15 is 0 Å². The minimum Gasteiger partial charge on any atom is -0.200 e. The fourth-order valence-corrected chi connectivity index (χ4v) is 4.86. The molecule has 0 unspecified atom stereocenters. The van der Waals surface area contributed by atoms with Crippen molar-refractivity contribution in [2.24, 2.45) is 0 Å². The number of sulfonamides is 1. The van der Waals surface area contributed by atoms with Gasteiger partial charge in [-0.1, -0.05) is 59.6 Å². The highest BCUT2D eigenvalue weighted by molar-refractivity contribution is 7.92. The van der Waals surface area contributed by atoms with Crippen molar-refractivity contribution in [2.75, 3.05) is 4.83 Å². The third kappa shape index (κ3) is 4.36. The third-order valence-electron chi connectivity index (χ3n) is 5.04. The Balaban J connectivity index is 1.87. The number of rotatable bonds is 5. The van der Waals surface area contributed by atoms with Crippen molar-refractivity contribution in [1.82, 2.24) is 9.89 Å². The van der Waals surface area contributed by atoms with Crippen molar-refractivity contribution >= 4 is 21.6 Å². The van der Waals surface area contributed by atoms with Gasteiger partial charge in [0.1, 0.15) is 0 Å². The summed E-state index contributed by atoms with van der Waals surface area (Å²) in [4.78, 5) is 4.08. The number of nitrogens with one attached hydrogen (secondary N) is 1. The van der Waals surface area contributed by atoms with E-state index in [0.29, 0.717) is 16.4 Å². The van der Waals surface area contributed by atoms with Crippen LogP contribution in [-0.4, -0.2) is 18.3 Å². The van der Waals surface area contributed by atoms with Gasteiger partial charge in [-0.25, -0.2) is 0 Å². The molecule has 1 heterocycles. The summed E-state index contributed by atoms with van der Waals surface area (Å²) in [7, 11) is -3.82. The van der Waals surface area contributed by atoms with E-state index in [9.17, 15) is 8.42 Å². The Labute approximate surface area is 187 Å². The van der Waals surface area contributed by atoms with Gasteiger partial charge < -0.3 is 0 Å². The predicted molar refractivity (Wildman–Crippen MR) is 125 cm³/mol. The summed E-state index contributed by atoms with van der Waals surface area (Å²) in [6.45, 7) is 6.12. The molecule has 5 nitrogen and oxygen atoms in total. The first kappa shape index (κ1) is 21.2. The zero-order valence-corrected chi connectivity index (χ0v) is 19.0. The van der Waals surface area contributed by atoms with Crippen molar-refractivity contribution in [2.45, 2.75) is 25.7 Å². The lowest BCUT2D eigenvalue weighted by molar-refractivity contribution is 0.592. The number of hydrogen-bond acceptors (Lipinski definition) is 3. The number of benzene rings is 3. The smallest absolute Gasteiger partial charge is 0.200 e. The molecule has 0 spiro atoms. The van der Waals surface area contributed by atoms with Gasteiger partial charge >= 0.3 is 0 Å². The Hall–Kier alpha value is -3.09.